The van der Waals surface area contributed by atoms with Gasteiger partial charge in [-0.1, -0.05) is 24.3 Å². The maximum atomic E-state index is 10.6. The molecule has 0 amide bonds. The molecule has 1 aromatic carbocycles. The molecule has 27 heavy (non-hydrogen) atoms. The Labute approximate surface area is 174 Å². The van der Waals surface area contributed by atoms with Crippen molar-refractivity contribution in [1.29, 1.82) is 0 Å². The lowest BCUT2D eigenvalue weighted by Gasteiger charge is -2.48. The number of aliphatic hydroxyl groups excluding tert-OH is 1. The van der Waals surface area contributed by atoms with Crippen LogP contribution in [-0.4, -0.2) is 52.1 Å². The zero-order valence-corrected chi connectivity index (χ0v) is 17.2. The fraction of sp³-hybridized carbons (Fsp3) is 0.550. The lowest BCUT2D eigenvalue weighted by Crippen LogP contribution is -2.57. The van der Waals surface area contributed by atoms with E-state index in [-0.39, 0.29) is 36.3 Å². The predicted octanol–water partition coefficient (Wildman–Crippen LogP) is 2.71. The minimum atomic E-state index is -0.170. The summed E-state index contributed by atoms with van der Waals surface area (Å²) < 4.78 is 1.98. The number of hydrogen-bond acceptors (Lipinski definition) is 4. The molecule has 2 aliphatic rings. The molecule has 4 rings (SSSR count). The number of hydrogen-bond donors (Lipinski definition) is 2. The van der Waals surface area contributed by atoms with E-state index in [0.717, 1.165) is 52.1 Å². The van der Waals surface area contributed by atoms with Gasteiger partial charge in [0.15, 0.2) is 0 Å². The molecule has 5 nitrogen and oxygen atoms in total. The molecule has 2 atom stereocenters. The molecule has 2 saturated heterocycles. The number of likely N-dealkylation sites (tertiary alicyclic amines) is 1. The lowest BCUT2D eigenvalue weighted by molar-refractivity contribution is -0.0514. The first-order valence-corrected chi connectivity index (χ1v) is 9.41. The minimum Gasteiger partial charge on any atom is -0.392 e. The van der Waals surface area contributed by atoms with Crippen molar-refractivity contribution < 1.29 is 5.11 Å². The van der Waals surface area contributed by atoms with Crippen LogP contribution in [0.5, 0.6) is 0 Å². The Hall–Kier alpha value is -1.11. The van der Waals surface area contributed by atoms with Gasteiger partial charge in [-0.3, -0.25) is 9.58 Å². The maximum Gasteiger partial charge on any atom is 0.0662 e. The van der Waals surface area contributed by atoms with Gasteiger partial charge in [-0.25, -0.2) is 0 Å². The maximum absolute atomic E-state index is 10.6. The topological polar surface area (TPSA) is 53.3 Å². The quantitative estimate of drug-likeness (QED) is 0.810. The Bertz CT molecular complexity index is 693. The molecule has 7 heteroatoms. The molecule has 0 aliphatic carbocycles. The first-order valence-electron chi connectivity index (χ1n) is 9.41. The van der Waals surface area contributed by atoms with Crippen molar-refractivity contribution in [3.8, 4) is 0 Å². The number of rotatable bonds is 4. The third kappa shape index (κ3) is 5.04. The number of nitrogens with one attached hydrogen (secondary N) is 1. The second-order valence-corrected chi connectivity index (χ2v) is 7.63. The van der Waals surface area contributed by atoms with E-state index >= 15 is 0 Å². The number of aliphatic hydroxyl groups is 1. The summed E-state index contributed by atoms with van der Waals surface area (Å²) in [6.07, 6.45) is 6.84. The molecule has 1 spiro atoms. The molecule has 0 radical (unpaired) electrons. The van der Waals surface area contributed by atoms with Crippen molar-refractivity contribution in [2.45, 2.75) is 38.5 Å². The summed E-state index contributed by atoms with van der Waals surface area (Å²) in [5.41, 5.74) is 2.73. The van der Waals surface area contributed by atoms with Crippen LogP contribution in [0.2, 0.25) is 0 Å². The highest BCUT2D eigenvalue weighted by atomic mass is 35.5. The second-order valence-electron chi connectivity index (χ2n) is 7.63. The van der Waals surface area contributed by atoms with Crippen LogP contribution < -0.4 is 5.32 Å². The fourth-order valence-electron chi connectivity index (χ4n) is 4.48. The molecule has 2 aliphatic heterocycles. The largest absolute Gasteiger partial charge is 0.392 e. The van der Waals surface area contributed by atoms with Crippen molar-refractivity contribution >= 4 is 24.8 Å². The summed E-state index contributed by atoms with van der Waals surface area (Å²) in [5.74, 6) is 0. The second kappa shape index (κ2) is 9.89. The van der Waals surface area contributed by atoms with Gasteiger partial charge in [0.05, 0.1) is 12.6 Å². The van der Waals surface area contributed by atoms with Crippen LogP contribution in [0.25, 0.3) is 0 Å². The van der Waals surface area contributed by atoms with Gasteiger partial charge in [-0.15, -0.1) is 24.8 Å². The van der Waals surface area contributed by atoms with Crippen molar-refractivity contribution in [3.63, 3.8) is 0 Å². The number of halogens is 2. The van der Waals surface area contributed by atoms with E-state index in [0.29, 0.717) is 0 Å². The van der Waals surface area contributed by atoms with Gasteiger partial charge in [0.2, 0.25) is 0 Å². The van der Waals surface area contributed by atoms with Gasteiger partial charge in [0.25, 0.3) is 0 Å². The molecule has 2 aromatic rings. The molecule has 150 valence electrons. The van der Waals surface area contributed by atoms with Gasteiger partial charge in [-0.05, 0) is 49.5 Å². The van der Waals surface area contributed by atoms with E-state index in [9.17, 15) is 5.11 Å². The highest BCUT2D eigenvalue weighted by Gasteiger charge is 2.42. The average Bonchev–Trinajstić information content (AvgIpc) is 3.13. The SMILES string of the molecule is Cl.Cl.O[C@H]1CCNC[C@]12CCCN(Cc1ccccc1Cn1cccn1)C2. The number of piperidine rings is 2. The van der Waals surface area contributed by atoms with E-state index < -0.39 is 0 Å². The summed E-state index contributed by atoms with van der Waals surface area (Å²) in [6, 6.07) is 10.6. The zero-order chi connectivity index (χ0) is 17.1. The Morgan fingerprint density at radius 3 is 2.63 bits per heavy atom. The summed E-state index contributed by atoms with van der Waals surface area (Å²) in [4.78, 5) is 2.53. The van der Waals surface area contributed by atoms with Crippen LogP contribution in [-0.2, 0) is 13.1 Å². The molecule has 0 bridgehead atoms. The van der Waals surface area contributed by atoms with Crippen LogP contribution in [0.3, 0.4) is 0 Å². The Balaban J connectivity index is 0.00000131. The van der Waals surface area contributed by atoms with Crippen LogP contribution in [0.4, 0.5) is 0 Å². The Morgan fingerprint density at radius 2 is 1.93 bits per heavy atom. The third-order valence-corrected chi connectivity index (χ3v) is 5.87. The molecular formula is C20H30Cl2N4O. The average molecular weight is 413 g/mol. The van der Waals surface area contributed by atoms with Crippen molar-refractivity contribution in [1.82, 2.24) is 20.0 Å². The van der Waals surface area contributed by atoms with Gasteiger partial charge in [-0.2, -0.15) is 5.10 Å². The van der Waals surface area contributed by atoms with Crippen molar-refractivity contribution in [3.05, 3.63) is 53.9 Å². The van der Waals surface area contributed by atoms with Crippen LogP contribution in [0, 0.1) is 5.41 Å². The van der Waals surface area contributed by atoms with Gasteiger partial charge in [0.1, 0.15) is 0 Å². The number of nitrogens with zero attached hydrogens (tertiary/aromatic N) is 3. The number of aromatic nitrogens is 2. The standard InChI is InChI=1S/C20H28N4O.2ClH/c25-19-7-10-21-15-20(19)8-3-11-23(16-20)13-17-5-1-2-6-18(17)14-24-12-4-9-22-24;;/h1-2,4-6,9,12,19,21,25H,3,7-8,10-11,13-16H2;2*1H/t19-,20-;;/m0../s1. The summed E-state index contributed by atoms with van der Waals surface area (Å²) in [5, 5.41) is 18.5. The van der Waals surface area contributed by atoms with Crippen molar-refractivity contribution in [2.75, 3.05) is 26.2 Å². The smallest absolute Gasteiger partial charge is 0.0662 e. The molecule has 3 heterocycles. The van der Waals surface area contributed by atoms with E-state index in [1.54, 1.807) is 0 Å². The predicted molar refractivity (Wildman–Crippen MR) is 113 cm³/mol. The summed E-state index contributed by atoms with van der Waals surface area (Å²) in [7, 11) is 0. The highest BCUT2D eigenvalue weighted by Crippen LogP contribution is 2.36. The molecule has 2 N–H and O–H groups in total. The first kappa shape index (κ1) is 22.2. The molecule has 0 saturated carbocycles. The van der Waals surface area contributed by atoms with Gasteiger partial charge in [0, 0.05) is 37.4 Å². The Morgan fingerprint density at radius 1 is 1.15 bits per heavy atom. The molecular weight excluding hydrogens is 383 g/mol. The monoisotopic (exact) mass is 412 g/mol. The van der Waals surface area contributed by atoms with E-state index in [1.165, 1.54) is 17.5 Å². The molecule has 2 fully saturated rings. The third-order valence-electron chi connectivity index (χ3n) is 5.87. The van der Waals surface area contributed by atoms with E-state index in [1.807, 2.05) is 23.1 Å². The summed E-state index contributed by atoms with van der Waals surface area (Å²) in [6.45, 7) is 5.75. The highest BCUT2D eigenvalue weighted by molar-refractivity contribution is 5.85. The van der Waals surface area contributed by atoms with E-state index in [4.69, 9.17) is 0 Å². The Kier molecular flexibility index (Phi) is 8.13. The minimum absolute atomic E-state index is 0. The van der Waals surface area contributed by atoms with E-state index in [2.05, 4.69) is 39.6 Å². The van der Waals surface area contributed by atoms with Gasteiger partial charge < -0.3 is 10.4 Å². The van der Waals surface area contributed by atoms with Gasteiger partial charge >= 0.3 is 0 Å². The lowest BCUT2D eigenvalue weighted by atomic mass is 9.72. The zero-order valence-electron chi connectivity index (χ0n) is 15.6. The summed E-state index contributed by atoms with van der Waals surface area (Å²) >= 11 is 0. The van der Waals surface area contributed by atoms with Crippen LogP contribution in [0.1, 0.15) is 30.4 Å². The van der Waals surface area contributed by atoms with Crippen molar-refractivity contribution in [2.24, 2.45) is 5.41 Å². The first-order chi connectivity index (χ1) is 12.3. The fourth-order valence-corrected chi connectivity index (χ4v) is 4.48. The normalized spacial score (nSPS) is 25.6. The van der Waals surface area contributed by atoms with Crippen LogP contribution in [0.15, 0.2) is 42.7 Å². The van der Waals surface area contributed by atoms with Crippen LogP contribution >= 0.6 is 24.8 Å². The number of benzene rings is 1. The molecule has 1 aromatic heterocycles. The molecule has 0 unspecified atom stereocenters.